The van der Waals surface area contributed by atoms with Crippen molar-refractivity contribution in [2.75, 3.05) is 13.2 Å². The fourth-order valence-corrected chi connectivity index (χ4v) is 11.1. The molecule has 0 aromatic heterocycles. The first-order chi connectivity index (χ1) is 38.0. The SMILES string of the molecule is CCCCC/C=C\C/C=C\CCCCCCCC(=O)OCCCCCCCCCCCCCCCCCCCCCCCCCCCCCCCCCCC(=O)NC(CO)C(O)CCCCCCCCCCCCCCC. The van der Waals surface area contributed by atoms with Gasteiger partial charge in [0.2, 0.25) is 5.91 Å². The van der Waals surface area contributed by atoms with Crippen LogP contribution in [0, 0.1) is 0 Å². The highest BCUT2D eigenvalue weighted by molar-refractivity contribution is 5.76. The second-order valence-corrected chi connectivity index (χ2v) is 24.2. The molecule has 3 N–H and O–H groups in total. The average molecular weight is 1080 g/mol. The molecule has 0 spiro atoms. The second kappa shape index (κ2) is 66.8. The number of unbranched alkanes of at least 4 members (excludes halogenated alkanes) is 51. The lowest BCUT2D eigenvalue weighted by atomic mass is 10.0. The molecule has 2 unspecified atom stereocenters. The first kappa shape index (κ1) is 75.3. The van der Waals surface area contributed by atoms with E-state index in [1.807, 2.05) is 0 Å². The standard InChI is InChI=1S/C71H137NO5/c1-3-5-7-9-11-13-15-17-36-41-45-49-53-57-61-65-71(76)77-66-62-58-54-50-46-42-38-35-33-31-29-27-25-23-21-19-18-20-22-24-26-28-30-32-34-37-40-44-48-52-56-60-64-70(75)72-68(67-73)69(74)63-59-55-51-47-43-39-16-14-12-10-8-6-4-2/h11,13,17,36,68-69,73-74H,3-10,12,14-16,18-35,37-67H2,1-2H3,(H,72,75)/b13-11-,36-17-. The average Bonchev–Trinajstić information content (AvgIpc) is 3.43. The predicted octanol–water partition coefficient (Wildman–Crippen LogP) is 22.5. The Bertz CT molecular complexity index is 1200. The van der Waals surface area contributed by atoms with Gasteiger partial charge >= 0.3 is 5.97 Å². The summed E-state index contributed by atoms with van der Waals surface area (Å²) in [5.74, 6) is -0.0208. The van der Waals surface area contributed by atoms with Gasteiger partial charge in [-0.05, 0) is 57.8 Å². The number of aliphatic hydroxyl groups excluding tert-OH is 2. The predicted molar refractivity (Wildman–Crippen MR) is 338 cm³/mol. The number of allylic oxidation sites excluding steroid dienone is 4. The van der Waals surface area contributed by atoms with Gasteiger partial charge in [-0.1, -0.05) is 346 Å². The van der Waals surface area contributed by atoms with E-state index in [1.165, 1.54) is 308 Å². The molecule has 0 heterocycles. The van der Waals surface area contributed by atoms with Crippen molar-refractivity contribution < 1.29 is 24.5 Å². The lowest BCUT2D eigenvalue weighted by Gasteiger charge is -2.22. The molecule has 456 valence electrons. The number of carbonyl (C=O) groups is 2. The number of hydrogen-bond acceptors (Lipinski definition) is 5. The Kier molecular flexibility index (Phi) is 65.4. The summed E-state index contributed by atoms with van der Waals surface area (Å²) in [5.41, 5.74) is 0. The van der Waals surface area contributed by atoms with Gasteiger partial charge < -0.3 is 20.3 Å². The van der Waals surface area contributed by atoms with E-state index >= 15 is 0 Å². The molecule has 0 saturated heterocycles. The first-order valence-corrected chi connectivity index (χ1v) is 35.1. The summed E-state index contributed by atoms with van der Waals surface area (Å²) < 4.78 is 5.49. The largest absolute Gasteiger partial charge is 0.466 e. The zero-order chi connectivity index (χ0) is 55.7. The van der Waals surface area contributed by atoms with E-state index in [2.05, 4.69) is 43.5 Å². The third-order valence-corrected chi connectivity index (χ3v) is 16.5. The zero-order valence-corrected chi connectivity index (χ0v) is 52.2. The molecule has 0 aliphatic rings. The van der Waals surface area contributed by atoms with E-state index in [9.17, 15) is 19.8 Å². The zero-order valence-electron chi connectivity index (χ0n) is 52.2. The van der Waals surface area contributed by atoms with Gasteiger partial charge in [-0.2, -0.15) is 0 Å². The van der Waals surface area contributed by atoms with Crippen LogP contribution in [0.5, 0.6) is 0 Å². The molecular weight excluding hydrogens is 947 g/mol. The molecule has 0 fully saturated rings. The van der Waals surface area contributed by atoms with E-state index < -0.39 is 12.1 Å². The van der Waals surface area contributed by atoms with Crippen LogP contribution in [0.3, 0.4) is 0 Å². The molecule has 0 saturated carbocycles. The second-order valence-electron chi connectivity index (χ2n) is 24.2. The molecule has 6 heteroatoms. The van der Waals surface area contributed by atoms with Crippen molar-refractivity contribution in [1.29, 1.82) is 0 Å². The number of amides is 1. The maximum absolute atomic E-state index is 12.5. The quantitative estimate of drug-likeness (QED) is 0.0320. The summed E-state index contributed by atoms with van der Waals surface area (Å²) >= 11 is 0. The van der Waals surface area contributed by atoms with Crippen molar-refractivity contribution in [1.82, 2.24) is 5.32 Å². The van der Waals surface area contributed by atoms with Crippen LogP contribution >= 0.6 is 0 Å². The number of hydrogen-bond donors (Lipinski definition) is 3. The maximum Gasteiger partial charge on any atom is 0.305 e. The van der Waals surface area contributed by atoms with Crippen LogP contribution in [-0.4, -0.2) is 47.4 Å². The van der Waals surface area contributed by atoms with E-state index in [0.29, 0.717) is 25.9 Å². The number of ether oxygens (including phenoxy) is 1. The van der Waals surface area contributed by atoms with Crippen molar-refractivity contribution in [2.24, 2.45) is 0 Å². The van der Waals surface area contributed by atoms with Gasteiger partial charge in [0.25, 0.3) is 0 Å². The van der Waals surface area contributed by atoms with E-state index in [1.54, 1.807) is 0 Å². The van der Waals surface area contributed by atoms with Crippen LogP contribution in [0.1, 0.15) is 393 Å². The topological polar surface area (TPSA) is 95.9 Å². The summed E-state index contributed by atoms with van der Waals surface area (Å²) in [6, 6.07) is -0.537. The van der Waals surface area contributed by atoms with Gasteiger partial charge in [0, 0.05) is 12.8 Å². The molecular formula is C71H137NO5. The molecule has 0 rings (SSSR count). The third kappa shape index (κ3) is 63.4. The van der Waals surface area contributed by atoms with Crippen molar-refractivity contribution in [3.63, 3.8) is 0 Å². The van der Waals surface area contributed by atoms with Crippen LogP contribution in [0.2, 0.25) is 0 Å². The van der Waals surface area contributed by atoms with Crippen molar-refractivity contribution in [3.8, 4) is 0 Å². The maximum atomic E-state index is 12.5. The number of aliphatic hydroxyl groups is 2. The van der Waals surface area contributed by atoms with Gasteiger partial charge in [0.1, 0.15) is 0 Å². The monoisotopic (exact) mass is 1080 g/mol. The first-order valence-electron chi connectivity index (χ1n) is 35.1. The lowest BCUT2D eigenvalue weighted by Crippen LogP contribution is -2.45. The van der Waals surface area contributed by atoms with Crippen molar-refractivity contribution >= 4 is 11.9 Å². The van der Waals surface area contributed by atoms with Crippen LogP contribution in [-0.2, 0) is 14.3 Å². The fraction of sp³-hybridized carbons (Fsp3) is 0.915. The smallest absolute Gasteiger partial charge is 0.305 e. The highest BCUT2D eigenvalue weighted by atomic mass is 16.5. The van der Waals surface area contributed by atoms with Gasteiger partial charge in [0.05, 0.1) is 25.4 Å². The molecule has 0 radical (unpaired) electrons. The summed E-state index contributed by atoms with van der Waals surface area (Å²) in [5, 5.41) is 23.3. The Labute approximate surface area is 481 Å². The number of carbonyl (C=O) groups excluding carboxylic acids is 2. The summed E-state index contributed by atoms with van der Waals surface area (Å²) in [7, 11) is 0. The molecule has 0 bridgehead atoms. The highest BCUT2D eigenvalue weighted by Crippen LogP contribution is 2.19. The molecule has 0 aliphatic carbocycles. The molecule has 77 heavy (non-hydrogen) atoms. The Hall–Kier alpha value is -1.66. The Morgan fingerprint density at radius 3 is 1.01 bits per heavy atom. The Morgan fingerprint density at radius 1 is 0.364 bits per heavy atom. The summed E-state index contributed by atoms with van der Waals surface area (Å²) in [6.45, 7) is 4.95. The van der Waals surface area contributed by atoms with Crippen LogP contribution in [0.25, 0.3) is 0 Å². The number of esters is 1. The minimum Gasteiger partial charge on any atom is -0.466 e. The minimum atomic E-state index is -0.660. The highest BCUT2D eigenvalue weighted by Gasteiger charge is 2.20. The van der Waals surface area contributed by atoms with E-state index in [4.69, 9.17) is 4.74 Å². The summed E-state index contributed by atoms with van der Waals surface area (Å²) in [6.07, 6.45) is 83.8. The minimum absolute atomic E-state index is 0.00764. The van der Waals surface area contributed by atoms with Crippen LogP contribution < -0.4 is 5.32 Å². The van der Waals surface area contributed by atoms with Crippen LogP contribution in [0.15, 0.2) is 24.3 Å². The summed E-state index contributed by atoms with van der Waals surface area (Å²) in [4.78, 5) is 24.6. The molecule has 0 aliphatic heterocycles. The van der Waals surface area contributed by atoms with E-state index in [0.717, 1.165) is 51.4 Å². The molecule has 0 aromatic rings. The molecule has 1 amide bonds. The number of rotatable bonds is 66. The van der Waals surface area contributed by atoms with Gasteiger partial charge in [-0.3, -0.25) is 9.59 Å². The van der Waals surface area contributed by atoms with E-state index in [-0.39, 0.29) is 18.5 Å². The molecule has 2 atom stereocenters. The Balaban J connectivity index is 3.31. The van der Waals surface area contributed by atoms with Gasteiger partial charge in [-0.15, -0.1) is 0 Å². The Morgan fingerprint density at radius 2 is 0.649 bits per heavy atom. The molecule has 0 aromatic carbocycles. The lowest BCUT2D eigenvalue weighted by molar-refractivity contribution is -0.143. The van der Waals surface area contributed by atoms with Crippen LogP contribution in [0.4, 0.5) is 0 Å². The van der Waals surface area contributed by atoms with Gasteiger partial charge in [0.15, 0.2) is 0 Å². The third-order valence-electron chi connectivity index (χ3n) is 16.5. The van der Waals surface area contributed by atoms with Crippen molar-refractivity contribution in [2.45, 2.75) is 405 Å². The van der Waals surface area contributed by atoms with Crippen molar-refractivity contribution in [3.05, 3.63) is 24.3 Å². The fourth-order valence-electron chi connectivity index (χ4n) is 11.1. The normalized spacial score (nSPS) is 12.6. The number of nitrogens with one attached hydrogen (secondary N) is 1. The molecule has 6 nitrogen and oxygen atoms in total. The van der Waals surface area contributed by atoms with Gasteiger partial charge in [-0.25, -0.2) is 0 Å².